The van der Waals surface area contributed by atoms with Gasteiger partial charge in [0.25, 0.3) is 0 Å². The summed E-state index contributed by atoms with van der Waals surface area (Å²) >= 11 is 0. The summed E-state index contributed by atoms with van der Waals surface area (Å²) in [5.74, 6) is 7.33. The van der Waals surface area contributed by atoms with E-state index in [1.165, 1.54) is 6.42 Å². The third-order valence-corrected chi connectivity index (χ3v) is 3.53. The van der Waals surface area contributed by atoms with Crippen molar-refractivity contribution in [3.05, 3.63) is 18.7 Å². The second-order valence-electron chi connectivity index (χ2n) is 5.19. The van der Waals surface area contributed by atoms with Gasteiger partial charge in [-0.15, -0.1) is 0 Å². The lowest BCUT2D eigenvalue weighted by molar-refractivity contribution is 0.399. The van der Waals surface area contributed by atoms with Gasteiger partial charge in [0, 0.05) is 25.5 Å². The number of nitrogens with one attached hydrogen (secondary N) is 2. The summed E-state index contributed by atoms with van der Waals surface area (Å²) in [7, 11) is 2.14. The first-order valence-corrected chi connectivity index (χ1v) is 6.88. The highest BCUT2D eigenvalue weighted by Crippen LogP contribution is 2.15. The highest BCUT2D eigenvalue weighted by Gasteiger charge is 2.19. The first-order valence-electron chi connectivity index (χ1n) is 6.88. The lowest BCUT2D eigenvalue weighted by atomic mass is 10.1. The number of nitrogens with zero attached hydrogens (tertiary/aromatic N) is 6. The highest BCUT2D eigenvalue weighted by molar-refractivity contribution is 5.37. The summed E-state index contributed by atoms with van der Waals surface area (Å²) in [4.78, 5) is 19.1. The number of hydrogen-bond acceptors (Lipinski definition) is 8. The zero-order valence-corrected chi connectivity index (χ0v) is 11.9. The average Bonchev–Trinajstić information content (AvgIpc) is 3.16. The number of nitrogen functional groups attached to an aromatic ring is 1. The summed E-state index contributed by atoms with van der Waals surface area (Å²) in [6.45, 7) is 3.07. The quantitative estimate of drug-likeness (QED) is 0.508. The van der Waals surface area contributed by atoms with Crippen LogP contribution in [0.5, 0.6) is 0 Å². The molecule has 2 aromatic rings. The Morgan fingerprint density at radius 1 is 1.33 bits per heavy atom. The number of nitrogens with two attached hydrogens (primary N) is 1. The van der Waals surface area contributed by atoms with Crippen LogP contribution in [0.25, 0.3) is 5.95 Å². The van der Waals surface area contributed by atoms with Crippen molar-refractivity contribution in [1.82, 2.24) is 29.4 Å². The van der Waals surface area contributed by atoms with Gasteiger partial charge in [-0.05, 0) is 25.9 Å². The second kappa shape index (κ2) is 6.02. The van der Waals surface area contributed by atoms with E-state index in [1.807, 2.05) is 0 Å². The molecular formula is C12H19N9. The van der Waals surface area contributed by atoms with Crippen molar-refractivity contribution < 1.29 is 0 Å². The van der Waals surface area contributed by atoms with Gasteiger partial charge in [-0.1, -0.05) is 0 Å². The maximum Gasteiger partial charge on any atom is 0.243 e. The standard InChI is InChI=1S/C12H19N9/c1-20-4-2-9(7-20)6-15-10-16-11(19-13)18-12(17-10)21-5-3-14-8-21/h3,5,8-9H,2,4,6-7,13H2,1H3,(H2,15,16,17,18,19). The summed E-state index contributed by atoms with van der Waals surface area (Å²) < 4.78 is 1.71. The Balaban J connectivity index is 1.73. The molecule has 2 aromatic heterocycles. The molecule has 1 aliphatic rings. The molecule has 3 rings (SSSR count). The van der Waals surface area contributed by atoms with E-state index < -0.39 is 0 Å². The molecule has 1 aliphatic heterocycles. The van der Waals surface area contributed by atoms with Crippen LogP contribution in [-0.2, 0) is 0 Å². The molecule has 3 heterocycles. The molecule has 0 bridgehead atoms. The Labute approximate surface area is 122 Å². The van der Waals surface area contributed by atoms with Crippen molar-refractivity contribution in [3.8, 4) is 5.95 Å². The Hall–Kier alpha value is -2.26. The number of likely N-dealkylation sites (tertiary alicyclic amines) is 1. The van der Waals surface area contributed by atoms with Crippen molar-refractivity contribution in [2.24, 2.45) is 11.8 Å². The van der Waals surface area contributed by atoms with Crippen molar-refractivity contribution >= 4 is 11.9 Å². The molecule has 0 radical (unpaired) electrons. The van der Waals surface area contributed by atoms with E-state index in [4.69, 9.17) is 5.84 Å². The van der Waals surface area contributed by atoms with Gasteiger partial charge in [0.05, 0.1) is 0 Å². The van der Waals surface area contributed by atoms with E-state index >= 15 is 0 Å². The third-order valence-electron chi connectivity index (χ3n) is 3.53. The third kappa shape index (κ3) is 3.26. The van der Waals surface area contributed by atoms with Crippen LogP contribution in [0.3, 0.4) is 0 Å². The van der Waals surface area contributed by atoms with Gasteiger partial charge in [0.2, 0.25) is 17.8 Å². The van der Waals surface area contributed by atoms with Gasteiger partial charge in [0.1, 0.15) is 6.33 Å². The van der Waals surface area contributed by atoms with E-state index in [2.05, 4.69) is 42.6 Å². The minimum absolute atomic E-state index is 0.319. The fraction of sp³-hybridized carbons (Fsp3) is 0.500. The molecule has 112 valence electrons. The summed E-state index contributed by atoms with van der Waals surface area (Å²) in [6.07, 6.45) is 6.25. The largest absolute Gasteiger partial charge is 0.354 e. The summed E-state index contributed by atoms with van der Waals surface area (Å²) in [5, 5.41) is 3.27. The Kier molecular flexibility index (Phi) is 3.93. The lowest BCUT2D eigenvalue weighted by Crippen LogP contribution is -2.21. The van der Waals surface area contributed by atoms with Crippen LogP contribution in [0.15, 0.2) is 18.7 Å². The lowest BCUT2D eigenvalue weighted by Gasteiger charge is -2.12. The normalized spacial score (nSPS) is 18.9. The molecule has 0 aliphatic carbocycles. The maximum absolute atomic E-state index is 5.42. The minimum Gasteiger partial charge on any atom is -0.354 e. The van der Waals surface area contributed by atoms with Gasteiger partial charge < -0.3 is 10.2 Å². The maximum atomic E-state index is 5.42. The number of anilines is 2. The number of aromatic nitrogens is 5. The highest BCUT2D eigenvalue weighted by atomic mass is 15.4. The number of imidazole rings is 1. The van der Waals surface area contributed by atoms with E-state index in [0.717, 1.165) is 19.6 Å². The monoisotopic (exact) mass is 289 g/mol. The van der Waals surface area contributed by atoms with Crippen LogP contribution in [0.4, 0.5) is 11.9 Å². The van der Waals surface area contributed by atoms with Gasteiger partial charge in [-0.3, -0.25) is 9.99 Å². The molecule has 4 N–H and O–H groups in total. The van der Waals surface area contributed by atoms with E-state index in [9.17, 15) is 0 Å². The molecule has 9 heteroatoms. The molecule has 21 heavy (non-hydrogen) atoms. The molecule has 1 saturated heterocycles. The van der Waals surface area contributed by atoms with Crippen molar-refractivity contribution in [2.75, 3.05) is 37.4 Å². The smallest absolute Gasteiger partial charge is 0.243 e. The van der Waals surface area contributed by atoms with E-state index in [-0.39, 0.29) is 0 Å². The topological polar surface area (TPSA) is 110 Å². The number of hydrazine groups is 1. The average molecular weight is 289 g/mol. The van der Waals surface area contributed by atoms with Crippen LogP contribution >= 0.6 is 0 Å². The Bertz CT molecular complexity index is 582. The van der Waals surface area contributed by atoms with Crippen LogP contribution in [0.2, 0.25) is 0 Å². The molecule has 0 spiro atoms. The van der Waals surface area contributed by atoms with E-state index in [0.29, 0.717) is 23.8 Å². The molecule has 0 aromatic carbocycles. The van der Waals surface area contributed by atoms with Crippen molar-refractivity contribution in [3.63, 3.8) is 0 Å². The van der Waals surface area contributed by atoms with Crippen molar-refractivity contribution in [1.29, 1.82) is 0 Å². The molecular weight excluding hydrogens is 270 g/mol. The zero-order chi connectivity index (χ0) is 14.7. The zero-order valence-electron chi connectivity index (χ0n) is 11.9. The molecule has 0 amide bonds. The minimum atomic E-state index is 0.319. The molecule has 1 fully saturated rings. The SMILES string of the molecule is CN1CCC(CNc2nc(NN)nc(-n3ccnc3)n2)C1. The van der Waals surface area contributed by atoms with Gasteiger partial charge in [-0.2, -0.15) is 15.0 Å². The molecule has 0 saturated carbocycles. The van der Waals surface area contributed by atoms with Gasteiger partial charge in [-0.25, -0.2) is 10.8 Å². The van der Waals surface area contributed by atoms with Gasteiger partial charge >= 0.3 is 0 Å². The van der Waals surface area contributed by atoms with Crippen LogP contribution < -0.4 is 16.6 Å². The Morgan fingerprint density at radius 3 is 2.86 bits per heavy atom. The number of rotatable bonds is 5. The molecule has 9 nitrogen and oxygen atoms in total. The first kappa shape index (κ1) is 13.7. The predicted molar refractivity (Wildman–Crippen MR) is 78.9 cm³/mol. The van der Waals surface area contributed by atoms with Crippen molar-refractivity contribution in [2.45, 2.75) is 6.42 Å². The molecule has 1 atom stereocenters. The van der Waals surface area contributed by atoms with Crippen LogP contribution in [0.1, 0.15) is 6.42 Å². The van der Waals surface area contributed by atoms with Crippen LogP contribution in [0, 0.1) is 5.92 Å². The first-order chi connectivity index (χ1) is 10.2. The summed E-state index contributed by atoms with van der Waals surface area (Å²) in [6, 6.07) is 0. The predicted octanol–water partition coefficient (Wildman–Crippen LogP) is -0.293. The van der Waals surface area contributed by atoms with Gasteiger partial charge in [0.15, 0.2) is 0 Å². The number of hydrogen-bond donors (Lipinski definition) is 3. The second-order valence-corrected chi connectivity index (χ2v) is 5.19. The fourth-order valence-corrected chi connectivity index (χ4v) is 2.43. The summed E-state index contributed by atoms with van der Waals surface area (Å²) in [5.41, 5.74) is 2.46. The van der Waals surface area contributed by atoms with E-state index in [1.54, 1.807) is 23.3 Å². The Morgan fingerprint density at radius 2 is 2.19 bits per heavy atom. The van der Waals surface area contributed by atoms with Crippen LogP contribution in [-0.4, -0.2) is 56.1 Å². The molecule has 1 unspecified atom stereocenters. The fourth-order valence-electron chi connectivity index (χ4n) is 2.43.